The van der Waals surface area contributed by atoms with Gasteiger partial charge in [-0.25, -0.2) is 0 Å². The van der Waals surface area contributed by atoms with Gasteiger partial charge in [-0.3, -0.25) is 0 Å². The molecule has 0 aromatic heterocycles. The number of hydrogen-bond acceptors (Lipinski definition) is 3. The van der Waals surface area contributed by atoms with Gasteiger partial charge in [-0.2, -0.15) is 26.0 Å². The van der Waals surface area contributed by atoms with Crippen LogP contribution in [-0.2, 0) is 10.0 Å². The van der Waals surface area contributed by atoms with Gasteiger partial charge in [0.05, 0.1) is 0 Å². The normalized spacial score (nSPS) is 14.6. The van der Waals surface area contributed by atoms with Crippen LogP contribution in [0.4, 0.5) is 13.2 Å². The summed E-state index contributed by atoms with van der Waals surface area (Å²) in [7, 11) is -5.64. The average molecular weight is 218 g/mol. The van der Waals surface area contributed by atoms with Crippen LogP contribution in [0.15, 0.2) is 4.40 Å². The Labute approximate surface area is 73.1 Å². The fourth-order valence-corrected chi connectivity index (χ4v) is 0.908. The zero-order chi connectivity index (χ0) is 10.7. The molecular weight excluding hydrogens is 211 g/mol. The minimum absolute atomic E-state index is 0.246. The van der Waals surface area contributed by atoms with Gasteiger partial charge in [0.25, 0.3) is 0 Å². The predicted octanol–water partition coefficient (Wildman–Crippen LogP) is 0.395. The van der Waals surface area contributed by atoms with Gasteiger partial charge in [0.1, 0.15) is 0 Å². The first-order chi connectivity index (χ1) is 5.70. The molecule has 13 heavy (non-hydrogen) atoms. The van der Waals surface area contributed by atoms with Crippen LogP contribution >= 0.6 is 0 Å². The molecule has 0 heterocycles. The zero-order valence-corrected chi connectivity index (χ0v) is 7.44. The molecule has 8 heteroatoms. The molecular formula is C5H7F3NO3S-. The third-order valence-corrected chi connectivity index (χ3v) is 2.01. The summed E-state index contributed by atoms with van der Waals surface area (Å²) in [5, 5.41) is 10.5. The highest BCUT2D eigenvalue weighted by atomic mass is 32.2. The van der Waals surface area contributed by atoms with E-state index in [2.05, 4.69) is 4.40 Å². The Morgan fingerprint density at radius 3 is 2.23 bits per heavy atom. The highest BCUT2D eigenvalue weighted by molar-refractivity contribution is 7.91. The smallest absolute Gasteiger partial charge is 0.518 e. The lowest BCUT2D eigenvalue weighted by atomic mass is 10.3. The van der Waals surface area contributed by atoms with E-state index < -0.39 is 21.4 Å². The minimum atomic E-state index is -5.64. The molecule has 0 aliphatic heterocycles. The molecule has 78 valence electrons. The Balaban J connectivity index is 4.80. The number of rotatable bonds is 3. The highest BCUT2D eigenvalue weighted by Crippen LogP contribution is 2.24. The van der Waals surface area contributed by atoms with Gasteiger partial charge in [-0.1, -0.05) is 13.3 Å². The van der Waals surface area contributed by atoms with Crippen LogP contribution in [0.2, 0.25) is 0 Å². The predicted molar refractivity (Wildman–Crippen MR) is 37.3 cm³/mol. The number of hydrogen-bond donors (Lipinski definition) is 0. The molecule has 0 unspecified atom stereocenters. The van der Waals surface area contributed by atoms with Crippen molar-refractivity contribution in [1.29, 1.82) is 0 Å². The lowest BCUT2D eigenvalue weighted by Gasteiger charge is -2.09. The fraction of sp³-hybridized carbons (Fsp3) is 0.800. The van der Waals surface area contributed by atoms with Crippen molar-refractivity contribution in [2.24, 2.45) is 4.40 Å². The van der Waals surface area contributed by atoms with E-state index in [1.165, 1.54) is 6.92 Å². The Hall–Kier alpha value is -0.790. The van der Waals surface area contributed by atoms with Crippen molar-refractivity contribution < 1.29 is 26.7 Å². The van der Waals surface area contributed by atoms with E-state index in [-0.39, 0.29) is 12.8 Å². The Morgan fingerprint density at radius 2 is 1.92 bits per heavy atom. The van der Waals surface area contributed by atoms with Gasteiger partial charge in [0.2, 0.25) is 0 Å². The van der Waals surface area contributed by atoms with Crippen molar-refractivity contribution in [2.75, 3.05) is 0 Å². The summed E-state index contributed by atoms with van der Waals surface area (Å²) in [5.74, 6) is -1.28. The molecule has 4 nitrogen and oxygen atoms in total. The van der Waals surface area contributed by atoms with E-state index in [1.54, 1.807) is 0 Å². The van der Waals surface area contributed by atoms with Crippen LogP contribution < -0.4 is 5.11 Å². The van der Waals surface area contributed by atoms with Crippen molar-refractivity contribution in [3.05, 3.63) is 0 Å². The van der Waals surface area contributed by atoms with E-state index in [0.717, 1.165) is 0 Å². The second-order valence-electron chi connectivity index (χ2n) is 2.16. The number of nitrogens with zero attached hydrogens (tertiary/aromatic N) is 1. The molecule has 0 aromatic rings. The maximum absolute atomic E-state index is 11.6. The Morgan fingerprint density at radius 1 is 1.46 bits per heavy atom. The highest BCUT2D eigenvalue weighted by Gasteiger charge is 2.45. The molecule has 0 saturated carbocycles. The van der Waals surface area contributed by atoms with Gasteiger partial charge in [0.15, 0.2) is 0 Å². The average Bonchev–Trinajstić information content (AvgIpc) is 1.83. The van der Waals surface area contributed by atoms with Gasteiger partial charge in [-0.15, -0.1) is 0 Å². The first-order valence-corrected chi connectivity index (χ1v) is 4.72. The second-order valence-corrected chi connectivity index (χ2v) is 3.75. The summed E-state index contributed by atoms with van der Waals surface area (Å²) in [5.41, 5.74) is -5.49. The summed E-state index contributed by atoms with van der Waals surface area (Å²) in [6.07, 6.45) is -0.0645. The van der Waals surface area contributed by atoms with E-state index in [0.29, 0.717) is 0 Å². The van der Waals surface area contributed by atoms with Crippen molar-refractivity contribution in [2.45, 2.75) is 25.3 Å². The van der Waals surface area contributed by atoms with Crippen LogP contribution in [-0.4, -0.2) is 19.8 Å². The van der Waals surface area contributed by atoms with E-state index in [1.807, 2.05) is 0 Å². The lowest BCUT2D eigenvalue weighted by molar-refractivity contribution is -0.218. The topological polar surface area (TPSA) is 69.6 Å². The largest absolute Gasteiger partial charge is 0.861 e. The molecule has 0 aromatic carbocycles. The summed E-state index contributed by atoms with van der Waals surface area (Å²) >= 11 is 0. The molecule has 0 spiro atoms. The maximum atomic E-state index is 11.6. The molecule has 0 atom stereocenters. The lowest BCUT2D eigenvalue weighted by Crippen LogP contribution is -2.26. The van der Waals surface area contributed by atoms with Crippen LogP contribution in [0.5, 0.6) is 0 Å². The summed E-state index contributed by atoms with van der Waals surface area (Å²) in [6, 6.07) is 0. The van der Waals surface area contributed by atoms with Crippen LogP contribution in [0.1, 0.15) is 19.8 Å². The van der Waals surface area contributed by atoms with Gasteiger partial charge < -0.3 is 5.11 Å². The molecule has 0 amide bonds. The van der Waals surface area contributed by atoms with Crippen molar-refractivity contribution in [1.82, 2.24) is 0 Å². The molecule has 0 N–H and O–H groups in total. The summed E-state index contributed by atoms with van der Waals surface area (Å²) in [4.78, 5) is 0. The quantitative estimate of drug-likeness (QED) is 0.508. The minimum Gasteiger partial charge on any atom is -0.861 e. The molecule has 0 fully saturated rings. The molecule has 0 radical (unpaired) electrons. The maximum Gasteiger partial charge on any atom is 0.518 e. The molecule has 0 saturated heterocycles. The second kappa shape index (κ2) is 3.95. The van der Waals surface area contributed by atoms with E-state index in [9.17, 15) is 26.7 Å². The molecule has 0 bridgehead atoms. The molecule has 0 aliphatic carbocycles. The number of alkyl halides is 3. The Kier molecular flexibility index (Phi) is 3.71. The standard InChI is InChI=1S/C5H8F3NO3S/c1-2-3-4(10)9-13(11,12)5(6,7)8/h2-3H2,1H3,(H,9,10)/p-1. The third-order valence-electron chi connectivity index (χ3n) is 0.978. The van der Waals surface area contributed by atoms with Gasteiger partial charge >= 0.3 is 15.5 Å². The van der Waals surface area contributed by atoms with E-state index >= 15 is 0 Å². The van der Waals surface area contributed by atoms with Crippen LogP contribution in [0.3, 0.4) is 0 Å². The number of sulfonamides is 1. The first kappa shape index (κ1) is 12.2. The monoisotopic (exact) mass is 218 g/mol. The van der Waals surface area contributed by atoms with Crippen LogP contribution in [0, 0.1) is 0 Å². The fourth-order valence-electron chi connectivity index (χ4n) is 0.445. The van der Waals surface area contributed by atoms with Crippen LogP contribution in [0.25, 0.3) is 0 Å². The van der Waals surface area contributed by atoms with Gasteiger partial charge in [-0.05, 0) is 12.3 Å². The van der Waals surface area contributed by atoms with Crippen molar-refractivity contribution in [3.8, 4) is 0 Å². The number of halogens is 3. The summed E-state index contributed by atoms with van der Waals surface area (Å²) in [6.45, 7) is 1.52. The molecule has 0 rings (SSSR count). The molecule has 0 aliphatic rings. The van der Waals surface area contributed by atoms with E-state index in [4.69, 9.17) is 0 Å². The van der Waals surface area contributed by atoms with Crippen molar-refractivity contribution >= 4 is 15.9 Å². The zero-order valence-electron chi connectivity index (χ0n) is 6.63. The van der Waals surface area contributed by atoms with Crippen molar-refractivity contribution in [3.63, 3.8) is 0 Å². The summed E-state index contributed by atoms with van der Waals surface area (Å²) < 4.78 is 57.3. The first-order valence-electron chi connectivity index (χ1n) is 3.28. The Bertz CT molecular complexity index is 293. The van der Waals surface area contributed by atoms with Gasteiger partial charge in [0, 0.05) is 0 Å². The third kappa shape index (κ3) is 3.62. The SMILES string of the molecule is CCC/C([O-])=N\S(=O)(=O)C(F)(F)F.